The molecule has 0 aromatic carbocycles. The molecule has 1 rings (SSSR count). The third-order valence-corrected chi connectivity index (χ3v) is 3.62. The van der Waals surface area contributed by atoms with Gasteiger partial charge in [-0.2, -0.15) is 0 Å². The van der Waals surface area contributed by atoms with Crippen LogP contribution in [0.25, 0.3) is 0 Å². The molecule has 0 radical (unpaired) electrons. The molecule has 0 saturated heterocycles. The molecule has 0 bridgehead atoms. The second kappa shape index (κ2) is 7.93. The van der Waals surface area contributed by atoms with Crippen molar-refractivity contribution in [1.29, 1.82) is 0 Å². The Labute approximate surface area is 109 Å². The van der Waals surface area contributed by atoms with Crippen molar-refractivity contribution < 1.29 is 9.53 Å². The van der Waals surface area contributed by atoms with Crippen molar-refractivity contribution in [3.05, 3.63) is 0 Å². The second-order valence-electron chi connectivity index (χ2n) is 4.63. The molecule has 1 amide bonds. The van der Waals surface area contributed by atoms with E-state index in [1.54, 1.807) is 0 Å². The third-order valence-electron chi connectivity index (χ3n) is 3.35. The van der Waals surface area contributed by atoms with Crippen molar-refractivity contribution in [3.63, 3.8) is 0 Å². The standard InChI is InChI=1S/C13H24ClNO2/c1-3-15(7-5-6-14)13(16)10-11-8-12(9-11)17-4-2/h11-12H,3-10H2,1-2H3. The molecule has 0 aliphatic heterocycles. The highest BCUT2D eigenvalue weighted by Gasteiger charge is 2.31. The van der Waals surface area contributed by atoms with Crippen molar-refractivity contribution in [2.75, 3.05) is 25.6 Å². The van der Waals surface area contributed by atoms with Gasteiger partial charge in [-0.25, -0.2) is 0 Å². The van der Waals surface area contributed by atoms with E-state index in [4.69, 9.17) is 16.3 Å². The Bertz CT molecular complexity index is 229. The molecule has 1 aliphatic rings. The van der Waals surface area contributed by atoms with Gasteiger partial charge in [0.1, 0.15) is 0 Å². The maximum atomic E-state index is 12.0. The van der Waals surface area contributed by atoms with Crippen LogP contribution in [0, 0.1) is 5.92 Å². The zero-order chi connectivity index (χ0) is 12.7. The van der Waals surface area contributed by atoms with Crippen LogP contribution < -0.4 is 0 Å². The second-order valence-corrected chi connectivity index (χ2v) is 5.01. The number of nitrogens with zero attached hydrogens (tertiary/aromatic N) is 1. The molecular formula is C13H24ClNO2. The Kier molecular flexibility index (Phi) is 6.90. The van der Waals surface area contributed by atoms with Gasteiger partial charge in [0, 0.05) is 32.0 Å². The van der Waals surface area contributed by atoms with Gasteiger partial charge in [-0.15, -0.1) is 11.6 Å². The zero-order valence-electron chi connectivity index (χ0n) is 11.0. The summed E-state index contributed by atoms with van der Waals surface area (Å²) in [5, 5.41) is 0. The fourth-order valence-electron chi connectivity index (χ4n) is 2.30. The van der Waals surface area contributed by atoms with Gasteiger partial charge in [0.05, 0.1) is 6.10 Å². The molecule has 1 fully saturated rings. The summed E-state index contributed by atoms with van der Waals surface area (Å²) < 4.78 is 5.50. The Morgan fingerprint density at radius 2 is 2.12 bits per heavy atom. The van der Waals surface area contributed by atoms with Crippen molar-refractivity contribution in [2.45, 2.75) is 45.6 Å². The molecule has 0 heterocycles. The molecule has 0 aromatic heterocycles. The summed E-state index contributed by atoms with van der Waals surface area (Å²) in [6.07, 6.45) is 4.06. The average molecular weight is 262 g/mol. The minimum absolute atomic E-state index is 0.276. The first-order valence-electron chi connectivity index (χ1n) is 6.66. The van der Waals surface area contributed by atoms with Gasteiger partial charge in [-0.05, 0) is 39.0 Å². The van der Waals surface area contributed by atoms with Crippen LogP contribution in [0.2, 0.25) is 0 Å². The van der Waals surface area contributed by atoms with E-state index < -0.39 is 0 Å². The number of alkyl halides is 1. The smallest absolute Gasteiger partial charge is 0.222 e. The maximum Gasteiger partial charge on any atom is 0.222 e. The Hall–Kier alpha value is -0.280. The van der Waals surface area contributed by atoms with E-state index in [0.717, 1.165) is 39.0 Å². The number of rotatable bonds is 8. The minimum atomic E-state index is 0.276. The number of hydrogen-bond acceptors (Lipinski definition) is 2. The largest absolute Gasteiger partial charge is 0.378 e. The summed E-state index contributed by atoms with van der Waals surface area (Å²) in [4.78, 5) is 13.9. The van der Waals surface area contributed by atoms with Gasteiger partial charge in [0.15, 0.2) is 0 Å². The molecule has 1 saturated carbocycles. The summed E-state index contributed by atoms with van der Waals surface area (Å²) in [6, 6.07) is 0. The number of ether oxygens (including phenoxy) is 1. The quantitative estimate of drug-likeness (QED) is 0.629. The van der Waals surface area contributed by atoms with E-state index in [0.29, 0.717) is 24.3 Å². The molecule has 0 N–H and O–H groups in total. The van der Waals surface area contributed by atoms with Crippen molar-refractivity contribution in [2.24, 2.45) is 5.92 Å². The van der Waals surface area contributed by atoms with Crippen LogP contribution in [0.1, 0.15) is 39.5 Å². The summed E-state index contributed by atoms with van der Waals surface area (Å²) in [5.74, 6) is 1.43. The van der Waals surface area contributed by atoms with Gasteiger partial charge in [-0.1, -0.05) is 0 Å². The van der Waals surface area contributed by atoms with Crippen LogP contribution in [0.4, 0.5) is 0 Å². The summed E-state index contributed by atoms with van der Waals surface area (Å²) in [5.41, 5.74) is 0. The van der Waals surface area contributed by atoms with Crippen LogP contribution in [0.5, 0.6) is 0 Å². The number of hydrogen-bond donors (Lipinski definition) is 0. The lowest BCUT2D eigenvalue weighted by atomic mass is 9.79. The molecule has 17 heavy (non-hydrogen) atoms. The lowest BCUT2D eigenvalue weighted by Crippen LogP contribution is -2.38. The lowest BCUT2D eigenvalue weighted by Gasteiger charge is -2.35. The van der Waals surface area contributed by atoms with Gasteiger partial charge in [-0.3, -0.25) is 4.79 Å². The fourth-order valence-corrected chi connectivity index (χ4v) is 2.42. The first kappa shape index (κ1) is 14.8. The van der Waals surface area contributed by atoms with E-state index in [-0.39, 0.29) is 5.91 Å². The first-order chi connectivity index (χ1) is 8.21. The molecule has 0 unspecified atom stereocenters. The molecule has 0 spiro atoms. The normalized spacial score (nSPS) is 23.2. The first-order valence-corrected chi connectivity index (χ1v) is 7.20. The SMILES string of the molecule is CCOC1CC(CC(=O)N(CC)CCCCl)C1. The number of carbonyl (C=O) groups is 1. The van der Waals surface area contributed by atoms with Crippen molar-refractivity contribution in [1.82, 2.24) is 4.90 Å². The topological polar surface area (TPSA) is 29.5 Å². The van der Waals surface area contributed by atoms with Crippen molar-refractivity contribution >= 4 is 17.5 Å². The van der Waals surface area contributed by atoms with E-state index in [2.05, 4.69) is 0 Å². The Morgan fingerprint density at radius 3 is 2.65 bits per heavy atom. The molecule has 4 heteroatoms. The minimum Gasteiger partial charge on any atom is -0.378 e. The van der Waals surface area contributed by atoms with Gasteiger partial charge in [0.25, 0.3) is 0 Å². The lowest BCUT2D eigenvalue weighted by molar-refractivity contribution is -0.134. The molecule has 1 aliphatic carbocycles. The zero-order valence-corrected chi connectivity index (χ0v) is 11.7. The Morgan fingerprint density at radius 1 is 1.41 bits per heavy atom. The maximum absolute atomic E-state index is 12.0. The summed E-state index contributed by atoms with van der Waals surface area (Å²) >= 11 is 5.65. The molecule has 100 valence electrons. The average Bonchev–Trinajstić information content (AvgIpc) is 2.27. The van der Waals surface area contributed by atoms with Crippen LogP contribution in [0.3, 0.4) is 0 Å². The van der Waals surface area contributed by atoms with Crippen molar-refractivity contribution in [3.8, 4) is 0 Å². The number of amides is 1. The molecular weight excluding hydrogens is 238 g/mol. The highest BCUT2D eigenvalue weighted by molar-refractivity contribution is 6.17. The van der Waals surface area contributed by atoms with E-state index in [1.165, 1.54) is 0 Å². The predicted molar refractivity (Wildman–Crippen MR) is 70.3 cm³/mol. The predicted octanol–water partition coefficient (Wildman–Crippen LogP) is 2.67. The van der Waals surface area contributed by atoms with Gasteiger partial charge < -0.3 is 9.64 Å². The summed E-state index contributed by atoms with van der Waals surface area (Å²) in [7, 11) is 0. The summed E-state index contributed by atoms with van der Waals surface area (Å²) in [6.45, 7) is 6.40. The number of halogens is 1. The van der Waals surface area contributed by atoms with Crippen LogP contribution >= 0.6 is 11.6 Å². The number of carbonyl (C=O) groups excluding carboxylic acids is 1. The fraction of sp³-hybridized carbons (Fsp3) is 0.923. The third kappa shape index (κ3) is 4.84. The highest BCUT2D eigenvalue weighted by Crippen LogP contribution is 2.33. The van der Waals surface area contributed by atoms with E-state index in [9.17, 15) is 4.79 Å². The van der Waals surface area contributed by atoms with Crippen LogP contribution in [-0.4, -0.2) is 42.5 Å². The van der Waals surface area contributed by atoms with Gasteiger partial charge in [0.2, 0.25) is 5.91 Å². The highest BCUT2D eigenvalue weighted by atomic mass is 35.5. The van der Waals surface area contributed by atoms with Gasteiger partial charge >= 0.3 is 0 Å². The van der Waals surface area contributed by atoms with Crippen LogP contribution in [-0.2, 0) is 9.53 Å². The monoisotopic (exact) mass is 261 g/mol. The molecule has 0 aromatic rings. The van der Waals surface area contributed by atoms with E-state index in [1.807, 2.05) is 18.7 Å². The van der Waals surface area contributed by atoms with Crippen LogP contribution in [0.15, 0.2) is 0 Å². The van der Waals surface area contributed by atoms with E-state index >= 15 is 0 Å². The molecule has 0 atom stereocenters. The molecule has 3 nitrogen and oxygen atoms in total. The Balaban J connectivity index is 2.20.